The minimum absolute atomic E-state index is 0.140. The molecule has 0 unspecified atom stereocenters. The number of anilines is 1. The number of hydrogen-bond donors (Lipinski definition) is 1. The van der Waals surface area contributed by atoms with Gasteiger partial charge in [0.2, 0.25) is 11.8 Å². The molecular formula is C24H20FN3O3S. The van der Waals surface area contributed by atoms with Crippen LogP contribution in [0.15, 0.2) is 60.7 Å². The number of thiazole rings is 1. The molecule has 0 bridgehead atoms. The molecule has 0 saturated heterocycles. The van der Waals surface area contributed by atoms with E-state index in [9.17, 15) is 14.0 Å². The first-order valence-electron chi connectivity index (χ1n) is 9.78. The average Bonchev–Trinajstić information content (AvgIpc) is 3.23. The topological polar surface area (TPSA) is 85.5 Å². The molecule has 3 aromatic carbocycles. The number of hydrogen-bond acceptors (Lipinski definition) is 5. The van der Waals surface area contributed by atoms with E-state index in [-0.39, 0.29) is 11.5 Å². The molecule has 0 fully saturated rings. The maximum absolute atomic E-state index is 14.0. The number of nitrogens with zero attached hydrogens (tertiary/aromatic N) is 2. The molecule has 0 aliphatic carbocycles. The van der Waals surface area contributed by atoms with Crippen molar-refractivity contribution in [3.8, 4) is 16.3 Å². The van der Waals surface area contributed by atoms with Gasteiger partial charge in [-0.25, -0.2) is 9.37 Å². The number of rotatable bonds is 6. The third-order valence-corrected chi connectivity index (χ3v) is 6.15. The molecule has 0 atom stereocenters. The molecule has 1 heterocycles. The lowest BCUT2D eigenvalue weighted by Gasteiger charge is -2.22. The van der Waals surface area contributed by atoms with Crippen LogP contribution in [0.1, 0.15) is 22.8 Å². The summed E-state index contributed by atoms with van der Waals surface area (Å²) in [5.74, 6) is -0.822. The number of benzene rings is 3. The van der Waals surface area contributed by atoms with Crippen molar-refractivity contribution in [3.05, 3.63) is 77.6 Å². The van der Waals surface area contributed by atoms with Gasteiger partial charge in [0.25, 0.3) is 0 Å². The summed E-state index contributed by atoms with van der Waals surface area (Å²) in [6.45, 7) is 1.87. The Morgan fingerprint density at radius 3 is 2.53 bits per heavy atom. The molecule has 32 heavy (non-hydrogen) atoms. The van der Waals surface area contributed by atoms with E-state index >= 15 is 0 Å². The number of amides is 2. The Hall–Kier alpha value is -3.78. The Labute approximate surface area is 188 Å². The van der Waals surface area contributed by atoms with Crippen LogP contribution in [-0.2, 0) is 11.3 Å². The monoisotopic (exact) mass is 449 g/mol. The number of aromatic nitrogens is 1. The second-order valence-electron chi connectivity index (χ2n) is 7.13. The van der Waals surface area contributed by atoms with E-state index in [4.69, 9.17) is 10.5 Å². The van der Waals surface area contributed by atoms with Crippen molar-refractivity contribution in [2.24, 2.45) is 5.73 Å². The van der Waals surface area contributed by atoms with Gasteiger partial charge in [-0.15, -0.1) is 11.3 Å². The van der Waals surface area contributed by atoms with E-state index in [0.717, 1.165) is 5.56 Å². The summed E-state index contributed by atoms with van der Waals surface area (Å²) in [7, 11) is 1.53. The maximum Gasteiger partial charge on any atom is 0.249 e. The van der Waals surface area contributed by atoms with Crippen LogP contribution in [0.3, 0.4) is 0 Å². The van der Waals surface area contributed by atoms with Gasteiger partial charge in [-0.3, -0.25) is 9.59 Å². The Balaban J connectivity index is 1.91. The number of primary amides is 1. The van der Waals surface area contributed by atoms with Crippen molar-refractivity contribution < 1.29 is 18.7 Å². The zero-order chi connectivity index (χ0) is 22.8. The van der Waals surface area contributed by atoms with Crippen molar-refractivity contribution in [1.29, 1.82) is 0 Å². The number of carbonyl (C=O) groups excluding carboxylic acids is 2. The van der Waals surface area contributed by atoms with Gasteiger partial charge >= 0.3 is 0 Å². The Morgan fingerprint density at radius 2 is 1.88 bits per heavy atom. The van der Waals surface area contributed by atoms with Crippen molar-refractivity contribution in [3.63, 3.8) is 0 Å². The third-order valence-electron chi connectivity index (χ3n) is 5.04. The van der Waals surface area contributed by atoms with Crippen molar-refractivity contribution in [2.75, 3.05) is 12.0 Å². The van der Waals surface area contributed by atoms with Crippen LogP contribution in [0.5, 0.6) is 5.75 Å². The van der Waals surface area contributed by atoms with Gasteiger partial charge in [-0.2, -0.15) is 0 Å². The Morgan fingerprint density at radius 1 is 1.12 bits per heavy atom. The van der Waals surface area contributed by atoms with Gasteiger partial charge in [-0.1, -0.05) is 30.3 Å². The molecule has 2 N–H and O–H groups in total. The van der Waals surface area contributed by atoms with Crippen molar-refractivity contribution in [2.45, 2.75) is 13.5 Å². The summed E-state index contributed by atoms with van der Waals surface area (Å²) in [6.07, 6.45) is 0. The van der Waals surface area contributed by atoms with Crippen molar-refractivity contribution >= 4 is 39.1 Å². The fraction of sp³-hybridized carbons (Fsp3) is 0.125. The molecule has 0 saturated carbocycles. The van der Waals surface area contributed by atoms with Gasteiger partial charge in [0.1, 0.15) is 22.1 Å². The van der Waals surface area contributed by atoms with Crippen LogP contribution in [0.2, 0.25) is 0 Å². The Bertz CT molecular complexity index is 1320. The molecule has 8 heteroatoms. The summed E-state index contributed by atoms with van der Waals surface area (Å²) in [5, 5.41) is 0.405. The predicted octanol–water partition coefficient (Wildman–Crippen LogP) is 4.76. The zero-order valence-electron chi connectivity index (χ0n) is 17.5. The lowest BCUT2D eigenvalue weighted by Crippen LogP contribution is -2.27. The molecule has 0 spiro atoms. The van der Waals surface area contributed by atoms with Gasteiger partial charge in [0, 0.05) is 18.1 Å². The van der Waals surface area contributed by atoms with Crippen LogP contribution < -0.4 is 15.4 Å². The number of methoxy groups -OCH3 is 1. The summed E-state index contributed by atoms with van der Waals surface area (Å²) < 4.78 is 20.2. The summed E-state index contributed by atoms with van der Waals surface area (Å²) in [4.78, 5) is 30.8. The minimum Gasteiger partial charge on any atom is -0.494 e. The van der Waals surface area contributed by atoms with Crippen molar-refractivity contribution in [1.82, 2.24) is 4.98 Å². The zero-order valence-corrected chi connectivity index (χ0v) is 18.3. The van der Waals surface area contributed by atoms with Crippen LogP contribution in [0, 0.1) is 5.82 Å². The summed E-state index contributed by atoms with van der Waals surface area (Å²) in [5.41, 5.74) is 8.09. The van der Waals surface area contributed by atoms with E-state index in [1.807, 2.05) is 30.3 Å². The molecule has 1 aromatic heterocycles. The first-order valence-corrected chi connectivity index (χ1v) is 10.6. The quantitative estimate of drug-likeness (QED) is 0.460. The van der Waals surface area contributed by atoms with Crippen LogP contribution in [0.4, 0.5) is 10.1 Å². The van der Waals surface area contributed by atoms with Gasteiger partial charge in [-0.05, 0) is 35.9 Å². The van der Waals surface area contributed by atoms with Crippen LogP contribution >= 0.6 is 11.3 Å². The largest absolute Gasteiger partial charge is 0.494 e. The van der Waals surface area contributed by atoms with Gasteiger partial charge < -0.3 is 15.4 Å². The molecule has 6 nitrogen and oxygen atoms in total. The van der Waals surface area contributed by atoms with E-state index < -0.39 is 11.7 Å². The van der Waals surface area contributed by atoms with E-state index in [2.05, 4.69) is 4.98 Å². The number of nitrogens with two attached hydrogens (primary N) is 1. The Kier molecular flexibility index (Phi) is 5.87. The first-order chi connectivity index (χ1) is 15.4. The number of carbonyl (C=O) groups is 2. The standard InChI is InChI=1S/C24H20FN3O3S/c1-14(29)28(13-15-6-4-3-5-7-15)19-10-11-20(31-2)21-22(19)32-24(27-21)18-12-16(25)8-9-17(18)23(26)30/h3-12H,13H2,1-2H3,(H2,26,30). The predicted molar refractivity (Wildman–Crippen MR) is 123 cm³/mol. The molecule has 0 aliphatic heterocycles. The molecule has 0 radical (unpaired) electrons. The molecule has 4 rings (SSSR count). The normalized spacial score (nSPS) is 10.8. The highest BCUT2D eigenvalue weighted by molar-refractivity contribution is 7.22. The molecular weight excluding hydrogens is 429 g/mol. The van der Waals surface area contributed by atoms with Crippen LogP contribution in [-0.4, -0.2) is 23.9 Å². The second kappa shape index (κ2) is 8.76. The lowest BCUT2D eigenvalue weighted by molar-refractivity contribution is -0.116. The molecule has 4 aromatic rings. The van der Waals surface area contributed by atoms with Crippen LogP contribution in [0.25, 0.3) is 20.8 Å². The lowest BCUT2D eigenvalue weighted by atomic mass is 10.1. The number of fused-ring (bicyclic) bond motifs is 1. The molecule has 2 amide bonds. The third kappa shape index (κ3) is 4.04. The maximum atomic E-state index is 14.0. The second-order valence-corrected chi connectivity index (χ2v) is 8.13. The van der Waals surface area contributed by atoms with Gasteiger partial charge in [0.15, 0.2) is 0 Å². The van der Waals surface area contributed by atoms with E-state index in [1.54, 1.807) is 17.0 Å². The van der Waals surface area contributed by atoms with Gasteiger partial charge in [0.05, 0.1) is 24.0 Å². The highest BCUT2D eigenvalue weighted by atomic mass is 32.1. The average molecular weight is 450 g/mol. The number of ether oxygens (including phenoxy) is 1. The fourth-order valence-electron chi connectivity index (χ4n) is 3.50. The van der Waals surface area contributed by atoms with E-state index in [0.29, 0.717) is 38.8 Å². The highest BCUT2D eigenvalue weighted by Gasteiger charge is 2.22. The fourth-order valence-corrected chi connectivity index (χ4v) is 4.64. The van der Waals surface area contributed by atoms with E-state index in [1.165, 1.54) is 43.6 Å². The minimum atomic E-state index is -0.680. The summed E-state index contributed by atoms with van der Waals surface area (Å²) >= 11 is 1.24. The molecule has 0 aliphatic rings. The first kappa shape index (κ1) is 21.5. The number of halogens is 1. The smallest absolute Gasteiger partial charge is 0.249 e. The SMILES string of the molecule is COc1ccc(N(Cc2ccccc2)C(C)=O)c2sc(-c3cc(F)ccc3C(N)=O)nc12. The summed E-state index contributed by atoms with van der Waals surface area (Å²) in [6, 6.07) is 16.9. The molecule has 162 valence electrons. The highest BCUT2D eigenvalue weighted by Crippen LogP contribution is 2.42.